The third-order valence-electron chi connectivity index (χ3n) is 4.31. The zero-order valence-corrected chi connectivity index (χ0v) is 12.1. The lowest BCUT2D eigenvalue weighted by Crippen LogP contribution is -2.38. The summed E-state index contributed by atoms with van der Waals surface area (Å²) in [6, 6.07) is 5.04. The van der Waals surface area contributed by atoms with Crippen molar-refractivity contribution in [1.82, 2.24) is 0 Å². The third kappa shape index (κ3) is 3.08. The van der Waals surface area contributed by atoms with Crippen molar-refractivity contribution in [2.45, 2.75) is 40.2 Å². The molecule has 0 spiro atoms. The Morgan fingerprint density at radius 2 is 1.89 bits per heavy atom. The van der Waals surface area contributed by atoms with Crippen LogP contribution in [-0.2, 0) is 6.61 Å². The maximum atomic E-state index is 13.7. The molecule has 106 valence electrons. The van der Waals surface area contributed by atoms with E-state index in [0.717, 1.165) is 37.5 Å². The highest BCUT2D eigenvalue weighted by molar-refractivity contribution is 5.54. The minimum absolute atomic E-state index is 0.235. The standard InChI is InChI=1S/C16H24FNO/c1-16(2,3)12-7-9-18(10-8-12)15-6-4-5-14(17)13(15)11-19/h4-6,12,19H,7-11H2,1-3H3. The second-order valence-electron chi connectivity index (χ2n) is 6.52. The zero-order valence-electron chi connectivity index (χ0n) is 12.1. The first-order valence-corrected chi connectivity index (χ1v) is 7.06. The highest BCUT2D eigenvalue weighted by Gasteiger charge is 2.29. The van der Waals surface area contributed by atoms with Crippen molar-refractivity contribution in [2.75, 3.05) is 18.0 Å². The smallest absolute Gasteiger partial charge is 0.130 e. The van der Waals surface area contributed by atoms with Gasteiger partial charge in [-0.25, -0.2) is 4.39 Å². The van der Waals surface area contributed by atoms with Crippen LogP contribution < -0.4 is 4.90 Å². The first-order valence-electron chi connectivity index (χ1n) is 7.06. The summed E-state index contributed by atoms with van der Waals surface area (Å²) in [4.78, 5) is 2.21. The fourth-order valence-electron chi connectivity index (χ4n) is 2.99. The Kier molecular flexibility index (Phi) is 4.14. The van der Waals surface area contributed by atoms with Crippen molar-refractivity contribution in [3.8, 4) is 0 Å². The number of benzene rings is 1. The van der Waals surface area contributed by atoms with Gasteiger partial charge in [0.15, 0.2) is 0 Å². The van der Waals surface area contributed by atoms with Crippen LogP contribution in [0.3, 0.4) is 0 Å². The molecule has 0 saturated carbocycles. The van der Waals surface area contributed by atoms with E-state index in [1.807, 2.05) is 6.07 Å². The van der Waals surface area contributed by atoms with Crippen LogP contribution in [0.1, 0.15) is 39.2 Å². The number of aliphatic hydroxyl groups excluding tert-OH is 1. The SMILES string of the molecule is CC(C)(C)C1CCN(c2cccc(F)c2CO)CC1. The van der Waals surface area contributed by atoms with Crippen molar-refractivity contribution in [3.63, 3.8) is 0 Å². The Balaban J connectivity index is 2.12. The summed E-state index contributed by atoms with van der Waals surface area (Å²) in [5, 5.41) is 9.34. The molecule has 2 rings (SSSR count). The highest BCUT2D eigenvalue weighted by atomic mass is 19.1. The summed E-state index contributed by atoms with van der Waals surface area (Å²) in [5.74, 6) is 0.410. The average molecular weight is 265 g/mol. The molecule has 2 nitrogen and oxygen atoms in total. The van der Waals surface area contributed by atoms with Crippen LogP contribution in [0.4, 0.5) is 10.1 Å². The topological polar surface area (TPSA) is 23.5 Å². The van der Waals surface area contributed by atoms with Crippen LogP contribution in [0.5, 0.6) is 0 Å². The first-order chi connectivity index (χ1) is 8.93. The number of hydrogen-bond donors (Lipinski definition) is 1. The van der Waals surface area contributed by atoms with Crippen LogP contribution in [-0.4, -0.2) is 18.2 Å². The van der Waals surface area contributed by atoms with Crippen LogP contribution in [0.25, 0.3) is 0 Å². The Hall–Kier alpha value is -1.09. The summed E-state index contributed by atoms with van der Waals surface area (Å²) >= 11 is 0. The van der Waals surface area contributed by atoms with Gasteiger partial charge in [-0.15, -0.1) is 0 Å². The van der Waals surface area contributed by atoms with Crippen molar-refractivity contribution < 1.29 is 9.50 Å². The minimum Gasteiger partial charge on any atom is -0.391 e. The molecule has 1 saturated heterocycles. The lowest BCUT2D eigenvalue weighted by Gasteiger charge is -2.40. The van der Waals surface area contributed by atoms with E-state index in [-0.39, 0.29) is 12.4 Å². The monoisotopic (exact) mass is 265 g/mol. The lowest BCUT2D eigenvalue weighted by molar-refractivity contribution is 0.198. The summed E-state index contributed by atoms with van der Waals surface area (Å²) < 4.78 is 13.7. The van der Waals surface area contributed by atoms with Gasteiger partial charge in [-0.1, -0.05) is 26.8 Å². The molecule has 0 bridgehead atoms. The van der Waals surface area contributed by atoms with Gasteiger partial charge in [0.05, 0.1) is 6.61 Å². The molecular formula is C16H24FNO. The molecule has 0 aliphatic carbocycles. The fraction of sp³-hybridized carbons (Fsp3) is 0.625. The van der Waals surface area contributed by atoms with Gasteiger partial charge >= 0.3 is 0 Å². The van der Waals surface area contributed by atoms with E-state index in [4.69, 9.17) is 0 Å². The molecule has 0 unspecified atom stereocenters. The molecule has 1 heterocycles. The molecule has 1 aliphatic rings. The number of halogens is 1. The van der Waals surface area contributed by atoms with Crippen LogP contribution in [0.15, 0.2) is 18.2 Å². The summed E-state index contributed by atoms with van der Waals surface area (Å²) in [6.07, 6.45) is 2.26. The van der Waals surface area contributed by atoms with Gasteiger partial charge < -0.3 is 10.0 Å². The van der Waals surface area contributed by atoms with Crippen molar-refractivity contribution in [1.29, 1.82) is 0 Å². The van der Waals surface area contributed by atoms with E-state index in [1.165, 1.54) is 6.07 Å². The van der Waals surface area contributed by atoms with Gasteiger partial charge in [0, 0.05) is 24.3 Å². The van der Waals surface area contributed by atoms with Gasteiger partial charge in [0.1, 0.15) is 5.82 Å². The maximum absolute atomic E-state index is 13.7. The Morgan fingerprint density at radius 3 is 2.42 bits per heavy atom. The average Bonchev–Trinajstić information content (AvgIpc) is 2.37. The van der Waals surface area contributed by atoms with E-state index in [2.05, 4.69) is 25.7 Å². The summed E-state index contributed by atoms with van der Waals surface area (Å²) in [6.45, 7) is 8.51. The van der Waals surface area contributed by atoms with Gasteiger partial charge in [-0.2, -0.15) is 0 Å². The second kappa shape index (κ2) is 5.49. The van der Waals surface area contributed by atoms with E-state index in [9.17, 15) is 9.50 Å². The molecule has 1 N–H and O–H groups in total. The third-order valence-corrected chi connectivity index (χ3v) is 4.31. The predicted molar refractivity (Wildman–Crippen MR) is 76.7 cm³/mol. The largest absolute Gasteiger partial charge is 0.391 e. The highest BCUT2D eigenvalue weighted by Crippen LogP contribution is 2.36. The number of rotatable bonds is 2. The van der Waals surface area contributed by atoms with E-state index >= 15 is 0 Å². The zero-order chi connectivity index (χ0) is 14.0. The maximum Gasteiger partial charge on any atom is 0.130 e. The Bertz CT molecular complexity index is 431. The van der Waals surface area contributed by atoms with Crippen LogP contribution >= 0.6 is 0 Å². The van der Waals surface area contributed by atoms with Gasteiger partial charge in [0.2, 0.25) is 0 Å². The Labute approximate surface area is 115 Å². The molecule has 3 heteroatoms. The molecule has 0 radical (unpaired) electrons. The molecule has 1 aromatic rings. The van der Waals surface area contributed by atoms with Crippen molar-refractivity contribution >= 4 is 5.69 Å². The van der Waals surface area contributed by atoms with E-state index in [0.29, 0.717) is 11.0 Å². The fourth-order valence-corrected chi connectivity index (χ4v) is 2.99. The number of nitrogens with zero attached hydrogens (tertiary/aromatic N) is 1. The van der Waals surface area contributed by atoms with Gasteiger partial charge in [-0.05, 0) is 36.3 Å². The van der Waals surface area contributed by atoms with E-state index < -0.39 is 0 Å². The number of hydrogen-bond acceptors (Lipinski definition) is 2. The molecule has 1 fully saturated rings. The lowest BCUT2D eigenvalue weighted by atomic mass is 9.75. The molecule has 19 heavy (non-hydrogen) atoms. The number of aliphatic hydroxyl groups is 1. The predicted octanol–water partition coefficient (Wildman–Crippen LogP) is 3.58. The Morgan fingerprint density at radius 1 is 1.26 bits per heavy atom. The van der Waals surface area contributed by atoms with Crippen LogP contribution in [0, 0.1) is 17.2 Å². The molecule has 1 aromatic carbocycles. The van der Waals surface area contributed by atoms with E-state index in [1.54, 1.807) is 6.07 Å². The summed E-state index contributed by atoms with van der Waals surface area (Å²) in [5.41, 5.74) is 1.62. The molecule has 0 aromatic heterocycles. The van der Waals surface area contributed by atoms with Gasteiger partial charge in [0.25, 0.3) is 0 Å². The quantitative estimate of drug-likeness (QED) is 0.883. The molecular weight excluding hydrogens is 241 g/mol. The first kappa shape index (κ1) is 14.3. The second-order valence-corrected chi connectivity index (χ2v) is 6.52. The minimum atomic E-state index is -0.307. The van der Waals surface area contributed by atoms with Crippen molar-refractivity contribution in [2.24, 2.45) is 11.3 Å². The molecule has 0 atom stereocenters. The normalized spacial score (nSPS) is 17.8. The molecule has 0 amide bonds. The van der Waals surface area contributed by atoms with Crippen molar-refractivity contribution in [3.05, 3.63) is 29.6 Å². The molecule has 1 aliphatic heterocycles. The van der Waals surface area contributed by atoms with Gasteiger partial charge in [-0.3, -0.25) is 0 Å². The summed E-state index contributed by atoms with van der Waals surface area (Å²) in [7, 11) is 0. The number of piperidine rings is 1. The van der Waals surface area contributed by atoms with Crippen LogP contribution in [0.2, 0.25) is 0 Å². The number of anilines is 1.